The summed E-state index contributed by atoms with van der Waals surface area (Å²) in [7, 11) is 1.57. The van der Waals surface area contributed by atoms with E-state index in [9.17, 15) is 0 Å². The third-order valence-corrected chi connectivity index (χ3v) is 4.03. The molecule has 0 bridgehead atoms. The van der Waals surface area contributed by atoms with Gasteiger partial charge in [0.05, 0.1) is 31.4 Å². The summed E-state index contributed by atoms with van der Waals surface area (Å²) >= 11 is 6.10. The van der Waals surface area contributed by atoms with Gasteiger partial charge in [-0.05, 0) is 23.8 Å². The summed E-state index contributed by atoms with van der Waals surface area (Å²) in [5.41, 5.74) is 8.87. The molecule has 0 spiro atoms. The van der Waals surface area contributed by atoms with Crippen molar-refractivity contribution < 1.29 is 4.74 Å². The number of ether oxygens (including phenoxy) is 1. The number of hydrogen-bond acceptors (Lipinski definition) is 3. The van der Waals surface area contributed by atoms with Crippen LogP contribution in [0.15, 0.2) is 65.9 Å². The second-order valence-electron chi connectivity index (χ2n) is 5.71. The summed E-state index contributed by atoms with van der Waals surface area (Å²) < 4.78 is 7.01. The lowest BCUT2D eigenvalue weighted by atomic mass is 10.2. The predicted octanol–water partition coefficient (Wildman–Crippen LogP) is 4.14. The van der Waals surface area contributed by atoms with Gasteiger partial charge < -0.3 is 15.8 Å². The molecular formula is C19H21ClIN5O. The van der Waals surface area contributed by atoms with E-state index in [1.54, 1.807) is 25.4 Å². The Balaban J connectivity index is 0.00000261. The Labute approximate surface area is 180 Å². The number of hydrogen-bond donors (Lipinski definition) is 2. The minimum absolute atomic E-state index is 0. The summed E-state index contributed by atoms with van der Waals surface area (Å²) in [6.07, 6.45) is 3.76. The zero-order valence-electron chi connectivity index (χ0n) is 14.8. The van der Waals surface area contributed by atoms with E-state index in [4.69, 9.17) is 22.1 Å². The molecule has 0 fully saturated rings. The van der Waals surface area contributed by atoms with Gasteiger partial charge in [-0.2, -0.15) is 5.10 Å². The van der Waals surface area contributed by atoms with E-state index in [2.05, 4.69) is 27.5 Å². The lowest BCUT2D eigenvalue weighted by Gasteiger charge is -2.08. The van der Waals surface area contributed by atoms with E-state index >= 15 is 0 Å². The number of guanidine groups is 1. The van der Waals surface area contributed by atoms with Crippen LogP contribution in [0.4, 0.5) is 5.69 Å². The molecule has 1 heterocycles. The van der Waals surface area contributed by atoms with Gasteiger partial charge in [-0.15, -0.1) is 24.0 Å². The van der Waals surface area contributed by atoms with Crippen LogP contribution in [0.5, 0.6) is 5.75 Å². The van der Waals surface area contributed by atoms with E-state index in [1.165, 1.54) is 5.56 Å². The number of nitrogens with zero attached hydrogens (tertiary/aromatic N) is 3. The van der Waals surface area contributed by atoms with Crippen LogP contribution in [0.1, 0.15) is 11.1 Å². The minimum Gasteiger partial charge on any atom is -0.495 e. The number of halogens is 2. The van der Waals surface area contributed by atoms with Crippen LogP contribution in [0.2, 0.25) is 5.02 Å². The van der Waals surface area contributed by atoms with Gasteiger partial charge in [0.25, 0.3) is 0 Å². The molecular weight excluding hydrogens is 477 g/mol. The molecule has 1 aromatic heterocycles. The third-order valence-electron chi connectivity index (χ3n) is 3.73. The Morgan fingerprint density at radius 2 is 2.00 bits per heavy atom. The normalized spacial score (nSPS) is 11.0. The highest BCUT2D eigenvalue weighted by molar-refractivity contribution is 14.0. The molecule has 0 saturated carbocycles. The summed E-state index contributed by atoms with van der Waals surface area (Å²) in [4.78, 5) is 4.34. The van der Waals surface area contributed by atoms with Crippen molar-refractivity contribution in [2.75, 3.05) is 12.4 Å². The zero-order valence-corrected chi connectivity index (χ0v) is 17.9. The van der Waals surface area contributed by atoms with Gasteiger partial charge in [0, 0.05) is 17.4 Å². The number of nitrogens with two attached hydrogens (primary N) is 1. The Morgan fingerprint density at radius 1 is 1.22 bits per heavy atom. The fourth-order valence-corrected chi connectivity index (χ4v) is 2.71. The van der Waals surface area contributed by atoms with Gasteiger partial charge in [-0.3, -0.25) is 4.68 Å². The van der Waals surface area contributed by atoms with Crippen LogP contribution in [-0.4, -0.2) is 22.8 Å². The molecule has 0 amide bonds. The smallest absolute Gasteiger partial charge is 0.193 e. The van der Waals surface area contributed by atoms with E-state index in [-0.39, 0.29) is 24.0 Å². The fourth-order valence-electron chi connectivity index (χ4n) is 2.45. The second-order valence-corrected chi connectivity index (χ2v) is 6.11. The molecule has 0 atom stereocenters. The van der Waals surface area contributed by atoms with Crippen molar-refractivity contribution in [2.45, 2.75) is 13.1 Å². The number of anilines is 1. The molecule has 6 nitrogen and oxygen atoms in total. The molecule has 3 N–H and O–H groups in total. The predicted molar refractivity (Wildman–Crippen MR) is 120 cm³/mol. The first-order chi connectivity index (χ1) is 12.6. The number of aliphatic imine (C=N–C) groups is 1. The van der Waals surface area contributed by atoms with Crippen molar-refractivity contribution in [3.05, 3.63) is 77.1 Å². The largest absolute Gasteiger partial charge is 0.495 e. The molecule has 27 heavy (non-hydrogen) atoms. The zero-order chi connectivity index (χ0) is 18.4. The molecule has 8 heteroatoms. The molecule has 0 aliphatic carbocycles. The van der Waals surface area contributed by atoms with Crippen LogP contribution >= 0.6 is 35.6 Å². The Morgan fingerprint density at radius 3 is 2.70 bits per heavy atom. The molecule has 0 unspecified atom stereocenters. The average Bonchev–Trinajstić information content (AvgIpc) is 3.08. The fraction of sp³-hybridized carbons (Fsp3) is 0.158. The van der Waals surface area contributed by atoms with Crippen LogP contribution in [0, 0.1) is 0 Å². The maximum absolute atomic E-state index is 6.10. The van der Waals surface area contributed by atoms with Crippen LogP contribution in [0.25, 0.3) is 0 Å². The molecule has 0 saturated heterocycles. The standard InChI is InChI=1S/C19H20ClN5O.HI/c1-26-18-8-7-16(9-17(18)20)24-19(21)22-10-15-11-23-25(13-15)12-14-5-3-2-4-6-14;/h2-9,11,13H,10,12H2,1H3,(H3,21,22,24);1H. The minimum atomic E-state index is 0. The highest BCUT2D eigenvalue weighted by Crippen LogP contribution is 2.27. The Hall–Kier alpha value is -2.26. The van der Waals surface area contributed by atoms with Gasteiger partial charge in [0.15, 0.2) is 5.96 Å². The van der Waals surface area contributed by atoms with Gasteiger partial charge in [-0.25, -0.2) is 4.99 Å². The molecule has 3 aromatic rings. The molecule has 142 valence electrons. The van der Waals surface area contributed by atoms with Gasteiger partial charge in [0.2, 0.25) is 0 Å². The first-order valence-electron chi connectivity index (χ1n) is 8.10. The second kappa shape index (κ2) is 10.2. The topological polar surface area (TPSA) is 77.5 Å². The first-order valence-corrected chi connectivity index (χ1v) is 8.47. The highest BCUT2D eigenvalue weighted by Gasteiger charge is 2.03. The molecule has 3 rings (SSSR count). The number of benzene rings is 2. The van der Waals surface area contributed by atoms with Crippen molar-refractivity contribution in [3.63, 3.8) is 0 Å². The van der Waals surface area contributed by atoms with Crippen molar-refractivity contribution >= 4 is 47.2 Å². The summed E-state index contributed by atoms with van der Waals surface area (Å²) in [5.74, 6) is 0.917. The van der Waals surface area contributed by atoms with Crippen LogP contribution in [-0.2, 0) is 13.1 Å². The summed E-state index contributed by atoms with van der Waals surface area (Å²) in [6.45, 7) is 1.17. The molecule has 0 aliphatic rings. The van der Waals surface area contributed by atoms with Crippen molar-refractivity contribution in [1.29, 1.82) is 0 Å². The SMILES string of the molecule is COc1ccc(NC(N)=NCc2cnn(Cc3ccccc3)c2)cc1Cl.I. The maximum atomic E-state index is 6.10. The van der Waals surface area contributed by atoms with E-state index in [1.807, 2.05) is 35.1 Å². The lowest BCUT2D eigenvalue weighted by Crippen LogP contribution is -2.22. The Bertz CT molecular complexity index is 898. The summed E-state index contributed by atoms with van der Waals surface area (Å²) in [5, 5.41) is 7.88. The van der Waals surface area contributed by atoms with Crippen LogP contribution < -0.4 is 15.8 Å². The van der Waals surface area contributed by atoms with E-state index in [0.717, 1.165) is 17.8 Å². The average molecular weight is 498 g/mol. The maximum Gasteiger partial charge on any atom is 0.193 e. The van der Waals surface area contributed by atoms with E-state index in [0.29, 0.717) is 23.3 Å². The molecule has 0 radical (unpaired) electrons. The van der Waals surface area contributed by atoms with Crippen LogP contribution in [0.3, 0.4) is 0 Å². The highest BCUT2D eigenvalue weighted by atomic mass is 127. The van der Waals surface area contributed by atoms with Crippen molar-refractivity contribution in [3.8, 4) is 5.75 Å². The monoisotopic (exact) mass is 497 g/mol. The van der Waals surface area contributed by atoms with Gasteiger partial charge in [0.1, 0.15) is 5.75 Å². The van der Waals surface area contributed by atoms with Gasteiger partial charge in [-0.1, -0.05) is 41.9 Å². The Kier molecular flexibility index (Phi) is 7.93. The number of methoxy groups -OCH3 is 1. The quantitative estimate of drug-likeness (QED) is 0.305. The first kappa shape index (κ1) is 21.0. The third kappa shape index (κ3) is 6.14. The number of aromatic nitrogens is 2. The van der Waals surface area contributed by atoms with Gasteiger partial charge >= 0.3 is 0 Å². The lowest BCUT2D eigenvalue weighted by molar-refractivity contribution is 0.415. The van der Waals surface area contributed by atoms with Crippen molar-refractivity contribution in [1.82, 2.24) is 9.78 Å². The number of rotatable bonds is 6. The molecule has 2 aromatic carbocycles. The molecule has 0 aliphatic heterocycles. The van der Waals surface area contributed by atoms with E-state index < -0.39 is 0 Å². The van der Waals surface area contributed by atoms with Crippen molar-refractivity contribution in [2.24, 2.45) is 10.7 Å². The summed E-state index contributed by atoms with van der Waals surface area (Å²) in [6, 6.07) is 15.5. The number of nitrogens with one attached hydrogen (secondary N) is 1.